The first-order valence-electron chi connectivity index (χ1n) is 23.8. The molecule has 24 nitrogen and oxygen atoms in total. The number of aromatic amines is 1. The first-order valence-corrected chi connectivity index (χ1v) is 25.6. The SMILES string of the molecule is COc1cc2[nH]c(C(=O)N3C[C@@H](CCl)c4c3cc(OS(=O)(=O)Oc3cc(C(=O)NCCOCCOCCOCCN=[N+]=[N-])ccc3O[C@@H]3O[C@H](CO)[C@H](O)[C@H](O)[C@H]3O)c3cccc(C)c43)cc2cc1OCCN(C)C. The Kier molecular flexibility index (Phi) is 19.6. The van der Waals surface area contributed by atoms with Crippen molar-refractivity contribution in [1.29, 1.82) is 0 Å². The van der Waals surface area contributed by atoms with E-state index < -0.39 is 71.0 Å². The van der Waals surface area contributed by atoms with E-state index >= 15 is 0 Å². The lowest BCUT2D eigenvalue weighted by atomic mass is 9.92. The van der Waals surface area contributed by atoms with Crippen molar-refractivity contribution >= 4 is 61.2 Å². The molecule has 1 fully saturated rings. The van der Waals surface area contributed by atoms with Gasteiger partial charge < -0.3 is 82.1 Å². The van der Waals surface area contributed by atoms with Crippen LogP contribution in [-0.2, 0) is 29.3 Å². The fraction of sp³-hybridized carbons (Fsp3) is 0.469. The van der Waals surface area contributed by atoms with Crippen molar-refractivity contribution in [3.05, 3.63) is 93.5 Å². The van der Waals surface area contributed by atoms with Crippen molar-refractivity contribution < 1.29 is 80.0 Å². The number of carbonyl (C=O) groups is 2. The number of aliphatic hydroxyl groups excluding tert-OH is 4. The molecule has 75 heavy (non-hydrogen) atoms. The number of likely N-dealkylation sites (N-methyl/N-ethyl adjacent to an activating group) is 1. The van der Waals surface area contributed by atoms with E-state index in [-0.39, 0.29) is 81.5 Å². The van der Waals surface area contributed by atoms with Crippen molar-refractivity contribution in [3.63, 3.8) is 0 Å². The number of hydrogen-bond donors (Lipinski definition) is 6. The third kappa shape index (κ3) is 13.8. The fourth-order valence-corrected chi connectivity index (χ4v) is 9.45. The highest BCUT2D eigenvalue weighted by Crippen LogP contribution is 2.48. The van der Waals surface area contributed by atoms with Gasteiger partial charge in [-0.1, -0.05) is 23.3 Å². The fourth-order valence-electron chi connectivity index (χ4n) is 8.45. The van der Waals surface area contributed by atoms with Crippen LogP contribution < -0.4 is 32.8 Å². The molecule has 2 aliphatic heterocycles. The van der Waals surface area contributed by atoms with Crippen LogP contribution in [0.5, 0.6) is 28.7 Å². The van der Waals surface area contributed by atoms with Gasteiger partial charge in [0.2, 0.25) is 6.29 Å². The number of anilines is 1. The van der Waals surface area contributed by atoms with Crippen molar-refractivity contribution in [2.24, 2.45) is 5.11 Å². The Hall–Kier alpha value is -6.19. The van der Waals surface area contributed by atoms with Gasteiger partial charge >= 0.3 is 10.4 Å². The summed E-state index contributed by atoms with van der Waals surface area (Å²) in [5, 5.41) is 49.1. The van der Waals surface area contributed by atoms with Crippen LogP contribution in [0.2, 0.25) is 0 Å². The molecule has 0 saturated carbocycles. The van der Waals surface area contributed by atoms with E-state index in [0.717, 1.165) is 17.7 Å². The predicted molar refractivity (Wildman–Crippen MR) is 273 cm³/mol. The number of nitrogens with one attached hydrogen (secondary N) is 2. The summed E-state index contributed by atoms with van der Waals surface area (Å²) in [7, 11) is 0.164. The Morgan fingerprint density at radius 3 is 2.35 bits per heavy atom. The second-order valence-electron chi connectivity index (χ2n) is 17.6. The largest absolute Gasteiger partial charge is 0.501 e. The molecule has 0 radical (unpaired) electrons. The van der Waals surface area contributed by atoms with Gasteiger partial charge in [-0.15, -0.1) is 20.0 Å². The summed E-state index contributed by atoms with van der Waals surface area (Å²) in [5.41, 5.74) is 10.8. The molecule has 0 unspecified atom stereocenters. The van der Waals surface area contributed by atoms with Crippen molar-refractivity contribution in [3.8, 4) is 28.7 Å². The average molecular weight is 1090 g/mol. The number of nitrogens with zero attached hydrogens (tertiary/aromatic N) is 5. The van der Waals surface area contributed by atoms with Gasteiger partial charge in [0.05, 0.1) is 59.0 Å². The van der Waals surface area contributed by atoms with Crippen LogP contribution in [0.15, 0.2) is 65.8 Å². The number of alkyl halides is 1. The molecular formula is C49H60ClN7O17S. The second-order valence-corrected chi connectivity index (χ2v) is 19.1. The summed E-state index contributed by atoms with van der Waals surface area (Å²) >= 11 is 6.61. The average Bonchev–Trinajstić information content (AvgIpc) is 4.00. The van der Waals surface area contributed by atoms with Gasteiger partial charge in [-0.2, -0.15) is 0 Å². The summed E-state index contributed by atoms with van der Waals surface area (Å²) in [5.74, 6) is -1.72. The van der Waals surface area contributed by atoms with Gasteiger partial charge in [-0.3, -0.25) is 9.59 Å². The smallest absolute Gasteiger partial charge is 0.493 e. The molecule has 3 heterocycles. The van der Waals surface area contributed by atoms with Crippen LogP contribution in [0.4, 0.5) is 5.69 Å². The maximum Gasteiger partial charge on any atom is 0.501 e. The molecule has 6 atom stereocenters. The minimum atomic E-state index is -5.22. The van der Waals surface area contributed by atoms with Crippen molar-refractivity contribution in [2.75, 3.05) is 111 Å². The number of hydrogen-bond acceptors (Lipinski definition) is 19. The molecule has 2 aliphatic rings. The predicted octanol–water partition coefficient (Wildman–Crippen LogP) is 3.53. The molecule has 5 aromatic rings. The Balaban J connectivity index is 1.14. The number of aliphatic hydroxyl groups is 4. The van der Waals surface area contributed by atoms with E-state index in [1.165, 1.54) is 24.1 Å². The Morgan fingerprint density at radius 1 is 0.907 bits per heavy atom. The van der Waals surface area contributed by atoms with E-state index in [2.05, 4.69) is 20.3 Å². The standard InChI is InChI=1S/C49H60ClN7O17S/c1-28-6-5-7-32-37(24-35-43(42(28)32)31(25-50)26-57(35)48(63)34-20-30-22-39(70-15-12-56(2)3)38(66-4)23-33(30)54-34)73-75(64,65)74-40-21-29(8-9-36(40)71-49-46(61)45(60)44(59)41(27-58)72-49)47(62)52-10-13-67-16-18-69-19-17-68-14-11-53-55-51/h5-9,20-24,31,41,44-46,49,54,58-61H,10-19,25-27H2,1-4H3,(H,52,62)/t31-,41-,44+,45+,46-,49-/m1/s1. The first kappa shape index (κ1) is 56.5. The lowest BCUT2D eigenvalue weighted by Gasteiger charge is -2.39. The number of aromatic nitrogens is 1. The van der Waals surface area contributed by atoms with Gasteiger partial charge in [0.15, 0.2) is 28.7 Å². The molecule has 1 saturated heterocycles. The second kappa shape index (κ2) is 26.0. The van der Waals surface area contributed by atoms with E-state index in [1.807, 2.05) is 32.0 Å². The lowest BCUT2D eigenvalue weighted by Crippen LogP contribution is -2.60. The number of fused-ring (bicyclic) bond motifs is 4. The Labute approximate surface area is 436 Å². The van der Waals surface area contributed by atoms with Crippen LogP contribution in [0.1, 0.15) is 37.9 Å². The summed E-state index contributed by atoms with van der Waals surface area (Å²) < 4.78 is 79.0. The number of carbonyl (C=O) groups excluding carboxylic acids is 2. The molecule has 2 amide bonds. The number of halogens is 1. The minimum absolute atomic E-state index is 0.0270. The monoisotopic (exact) mass is 1090 g/mol. The number of azide groups is 1. The first-order chi connectivity index (χ1) is 36.1. The van der Waals surface area contributed by atoms with E-state index in [4.69, 9.17) is 58.7 Å². The van der Waals surface area contributed by atoms with Crippen LogP contribution in [0.25, 0.3) is 32.1 Å². The maximum absolute atomic E-state index is 14.6. The Morgan fingerprint density at radius 2 is 1.64 bits per heavy atom. The molecule has 6 N–H and O–H groups in total. The topological polar surface area (TPSA) is 315 Å². The van der Waals surface area contributed by atoms with Gasteiger partial charge in [0, 0.05) is 76.9 Å². The third-order valence-electron chi connectivity index (χ3n) is 12.2. The summed E-state index contributed by atoms with van der Waals surface area (Å²) in [6.07, 6.45) is -8.65. The molecular weight excluding hydrogens is 1030 g/mol. The van der Waals surface area contributed by atoms with Crippen molar-refractivity contribution in [1.82, 2.24) is 15.2 Å². The molecule has 1 aromatic heterocycles. The normalized spacial score (nSPS) is 19.5. The molecule has 26 heteroatoms. The number of benzene rings is 4. The highest BCUT2D eigenvalue weighted by atomic mass is 35.5. The number of methoxy groups -OCH3 is 1. The molecule has 406 valence electrons. The molecule has 0 bridgehead atoms. The molecule has 7 rings (SSSR count). The minimum Gasteiger partial charge on any atom is -0.493 e. The van der Waals surface area contributed by atoms with Crippen LogP contribution >= 0.6 is 11.6 Å². The lowest BCUT2D eigenvalue weighted by molar-refractivity contribution is -0.277. The van der Waals surface area contributed by atoms with Gasteiger partial charge in [0.1, 0.15) is 36.7 Å². The van der Waals surface area contributed by atoms with Gasteiger partial charge in [-0.05, 0) is 73.4 Å². The summed E-state index contributed by atoms with van der Waals surface area (Å²) in [6.45, 7) is 3.84. The highest BCUT2D eigenvalue weighted by Gasteiger charge is 2.45. The molecule has 0 spiro atoms. The number of rotatable bonds is 27. The maximum atomic E-state index is 14.6. The number of amides is 2. The van der Waals surface area contributed by atoms with Crippen LogP contribution in [0.3, 0.4) is 0 Å². The Bertz CT molecular complexity index is 2960. The third-order valence-corrected chi connectivity index (χ3v) is 13.3. The van der Waals surface area contributed by atoms with E-state index in [9.17, 15) is 38.4 Å². The van der Waals surface area contributed by atoms with Gasteiger partial charge in [0.25, 0.3) is 11.8 Å². The highest BCUT2D eigenvalue weighted by molar-refractivity contribution is 7.82. The number of H-pyrrole nitrogens is 1. The number of ether oxygens (including phenoxy) is 7. The summed E-state index contributed by atoms with van der Waals surface area (Å²) in [4.78, 5) is 37.4. The van der Waals surface area contributed by atoms with Crippen LogP contribution in [0, 0.1) is 6.92 Å². The van der Waals surface area contributed by atoms with Crippen molar-refractivity contribution in [2.45, 2.75) is 43.5 Å². The van der Waals surface area contributed by atoms with E-state index in [1.54, 1.807) is 30.3 Å². The zero-order valence-electron chi connectivity index (χ0n) is 41.5. The molecule has 0 aliphatic carbocycles. The number of aryl methyl sites for hydroxylation is 1. The zero-order chi connectivity index (χ0) is 53.8. The zero-order valence-corrected chi connectivity index (χ0v) is 43.1. The molecule has 4 aromatic carbocycles. The van der Waals surface area contributed by atoms with Gasteiger partial charge in [-0.25, -0.2) is 0 Å². The van der Waals surface area contributed by atoms with Crippen LogP contribution in [-0.4, -0.2) is 187 Å². The quantitative estimate of drug-likeness (QED) is 0.0144. The summed E-state index contributed by atoms with van der Waals surface area (Å²) in [6, 6.07) is 15.2. The van der Waals surface area contributed by atoms with E-state index in [0.29, 0.717) is 64.2 Å².